The Balaban J connectivity index is 1.84. The number of carbonyl (C=O) groups excluding carboxylic acids is 1. The number of rotatable bonds is 9. The molecule has 0 fully saturated rings. The van der Waals surface area contributed by atoms with Crippen LogP contribution in [0.1, 0.15) is 32.8 Å². The second-order valence-corrected chi connectivity index (χ2v) is 11.7. The second-order valence-electron chi connectivity index (χ2n) is 7.88. The summed E-state index contributed by atoms with van der Waals surface area (Å²) in [5, 5.41) is -2.40. The van der Waals surface area contributed by atoms with E-state index in [-0.39, 0.29) is 23.4 Å². The van der Waals surface area contributed by atoms with Gasteiger partial charge in [0.15, 0.2) is 5.40 Å². The minimum atomic E-state index is -5.25. The number of hydrogen-bond donors (Lipinski definition) is 4. The predicted octanol–water partition coefficient (Wildman–Crippen LogP) is 3.33. The first kappa shape index (κ1) is 26.8. The number of amides is 1. The molecule has 0 saturated carbocycles. The molecule has 0 unspecified atom stereocenters. The number of aromatic nitrogens is 1. The van der Waals surface area contributed by atoms with Crippen molar-refractivity contribution in [3.8, 4) is 17.2 Å². The van der Waals surface area contributed by atoms with Crippen molar-refractivity contribution in [2.24, 2.45) is 0 Å². The lowest BCUT2D eigenvalue weighted by atomic mass is 10.1. The number of methoxy groups -OCH3 is 1. The molecule has 1 amide bonds. The highest BCUT2D eigenvalue weighted by atomic mass is 31.2. The molecule has 0 radical (unpaired) electrons. The Kier molecular flexibility index (Phi) is 8.01. The van der Waals surface area contributed by atoms with E-state index in [4.69, 9.17) is 9.15 Å². The fourth-order valence-corrected chi connectivity index (χ4v) is 6.25. The number of hydrogen-bond acceptors (Lipinski definition) is 6. The van der Waals surface area contributed by atoms with E-state index in [1.54, 1.807) is 6.92 Å². The summed E-state index contributed by atoms with van der Waals surface area (Å²) in [5.74, 6) is 0.589. The molecule has 2 aromatic carbocycles. The first-order chi connectivity index (χ1) is 16.3. The highest BCUT2D eigenvalue weighted by Gasteiger charge is 2.45. The maximum atomic E-state index is 13.1. The molecule has 1 aromatic heterocycles. The Labute approximate surface area is 201 Å². The lowest BCUT2D eigenvalue weighted by molar-refractivity contribution is 0.0792. The van der Waals surface area contributed by atoms with E-state index in [0.717, 1.165) is 17.7 Å². The van der Waals surface area contributed by atoms with E-state index in [1.165, 1.54) is 25.1 Å². The number of aryl methyl sites for hydroxylation is 1. The van der Waals surface area contributed by atoms with Crippen molar-refractivity contribution in [1.82, 2.24) is 9.88 Å². The van der Waals surface area contributed by atoms with Crippen LogP contribution in [0.15, 0.2) is 52.9 Å². The monoisotopic (exact) mass is 524 g/mol. The minimum absolute atomic E-state index is 0.0877. The van der Waals surface area contributed by atoms with Crippen LogP contribution in [0.3, 0.4) is 0 Å². The average Bonchev–Trinajstić information content (AvgIpc) is 3.16. The molecule has 1 heterocycles. The molecular formula is C22H26N2O9P2. The summed E-state index contributed by atoms with van der Waals surface area (Å²) in [6, 6.07) is 12.7. The average molecular weight is 524 g/mol. The van der Waals surface area contributed by atoms with Crippen LogP contribution in [0.25, 0.3) is 11.5 Å². The third kappa shape index (κ3) is 6.27. The van der Waals surface area contributed by atoms with E-state index in [1.807, 2.05) is 30.3 Å². The van der Waals surface area contributed by atoms with Gasteiger partial charge >= 0.3 is 15.2 Å². The fourth-order valence-electron chi connectivity index (χ4n) is 3.58. The molecule has 3 aromatic rings. The molecule has 0 saturated heterocycles. The molecule has 13 heteroatoms. The largest absolute Gasteiger partial charge is 0.496 e. The maximum absolute atomic E-state index is 13.1. The molecule has 11 nitrogen and oxygen atoms in total. The zero-order valence-corrected chi connectivity index (χ0v) is 21.0. The van der Waals surface area contributed by atoms with E-state index < -0.39 is 26.5 Å². The molecule has 0 bridgehead atoms. The molecule has 3 rings (SSSR count). The first-order valence-corrected chi connectivity index (χ1v) is 13.7. The van der Waals surface area contributed by atoms with E-state index in [2.05, 4.69) is 4.98 Å². The van der Waals surface area contributed by atoms with Crippen LogP contribution in [0.4, 0.5) is 0 Å². The summed E-state index contributed by atoms with van der Waals surface area (Å²) < 4.78 is 34.5. The van der Waals surface area contributed by atoms with Crippen molar-refractivity contribution < 1.29 is 42.7 Å². The van der Waals surface area contributed by atoms with E-state index in [0.29, 0.717) is 23.8 Å². The van der Waals surface area contributed by atoms with Crippen molar-refractivity contribution in [3.63, 3.8) is 0 Å². The van der Waals surface area contributed by atoms with E-state index >= 15 is 0 Å². The van der Waals surface area contributed by atoms with Crippen molar-refractivity contribution >= 4 is 21.1 Å². The van der Waals surface area contributed by atoms with Gasteiger partial charge in [0.25, 0.3) is 5.91 Å². The van der Waals surface area contributed by atoms with Crippen LogP contribution < -0.4 is 4.74 Å². The van der Waals surface area contributed by atoms with Crippen molar-refractivity contribution in [1.29, 1.82) is 0 Å². The summed E-state index contributed by atoms with van der Waals surface area (Å²) >= 11 is 0. The van der Waals surface area contributed by atoms with Gasteiger partial charge in [0.2, 0.25) is 5.89 Å². The SMILES string of the molecule is COc1ccc(C(P(=O)(O)O)P(=O)(O)O)cc1C(=O)N(C)CCc1nc(-c2ccccc2)oc1C. The molecule has 0 aliphatic heterocycles. The van der Waals surface area contributed by atoms with Crippen LogP contribution in [0, 0.1) is 6.92 Å². The smallest absolute Gasteiger partial charge is 0.345 e. The Morgan fingerprint density at radius 2 is 1.71 bits per heavy atom. The van der Waals surface area contributed by atoms with Crippen LogP contribution in [0.2, 0.25) is 0 Å². The van der Waals surface area contributed by atoms with Crippen molar-refractivity contribution in [3.05, 3.63) is 71.1 Å². The van der Waals surface area contributed by atoms with Gasteiger partial charge in [-0.2, -0.15) is 0 Å². The normalized spacial score (nSPS) is 12.1. The predicted molar refractivity (Wildman–Crippen MR) is 127 cm³/mol. The van der Waals surface area contributed by atoms with Crippen LogP contribution in [-0.4, -0.2) is 56.1 Å². The van der Waals surface area contributed by atoms with Crippen LogP contribution >= 0.6 is 15.2 Å². The minimum Gasteiger partial charge on any atom is -0.496 e. The van der Waals surface area contributed by atoms with Crippen molar-refractivity contribution in [2.75, 3.05) is 20.7 Å². The topological polar surface area (TPSA) is 171 Å². The van der Waals surface area contributed by atoms with Gasteiger partial charge in [-0.3, -0.25) is 13.9 Å². The number of nitrogens with zero attached hydrogens (tertiary/aromatic N) is 2. The van der Waals surface area contributed by atoms with Gasteiger partial charge < -0.3 is 33.6 Å². The third-order valence-electron chi connectivity index (χ3n) is 5.33. The zero-order chi connectivity index (χ0) is 26.0. The summed E-state index contributed by atoms with van der Waals surface area (Å²) in [6.07, 6.45) is 0.361. The molecule has 35 heavy (non-hydrogen) atoms. The Bertz CT molecular complexity index is 1280. The molecule has 0 aliphatic carbocycles. The van der Waals surface area contributed by atoms with Crippen LogP contribution in [0.5, 0.6) is 5.75 Å². The van der Waals surface area contributed by atoms with Gasteiger partial charge in [0.05, 0.1) is 18.4 Å². The van der Waals surface area contributed by atoms with Gasteiger partial charge in [0.1, 0.15) is 11.5 Å². The zero-order valence-electron chi connectivity index (χ0n) is 19.2. The van der Waals surface area contributed by atoms with E-state index in [9.17, 15) is 33.5 Å². The molecule has 0 spiro atoms. The number of benzene rings is 2. The summed E-state index contributed by atoms with van der Waals surface area (Å²) in [4.78, 5) is 57.1. The Morgan fingerprint density at radius 1 is 1.09 bits per heavy atom. The van der Waals surface area contributed by atoms with Crippen LogP contribution in [-0.2, 0) is 15.6 Å². The number of likely N-dealkylation sites (N-methyl/N-ethyl adjacent to an activating group) is 1. The molecule has 188 valence electrons. The quantitative estimate of drug-likeness (QED) is 0.304. The second kappa shape index (κ2) is 10.5. The van der Waals surface area contributed by atoms with Gasteiger partial charge in [-0.05, 0) is 36.8 Å². The molecular weight excluding hydrogens is 498 g/mol. The highest BCUT2D eigenvalue weighted by Crippen LogP contribution is 2.69. The number of ether oxygens (including phenoxy) is 1. The maximum Gasteiger partial charge on any atom is 0.345 e. The van der Waals surface area contributed by atoms with Gasteiger partial charge in [-0.1, -0.05) is 24.3 Å². The number of carbonyl (C=O) groups is 1. The Morgan fingerprint density at radius 3 is 2.29 bits per heavy atom. The number of oxazole rings is 1. The Hall–Kier alpha value is -2.78. The van der Waals surface area contributed by atoms with Gasteiger partial charge in [-0.15, -0.1) is 0 Å². The van der Waals surface area contributed by atoms with Gasteiger partial charge in [-0.25, -0.2) is 4.98 Å². The summed E-state index contributed by atoms with van der Waals surface area (Å²) in [7, 11) is -7.67. The molecule has 4 N–H and O–H groups in total. The summed E-state index contributed by atoms with van der Waals surface area (Å²) in [5.41, 5.74) is 1.01. The third-order valence-corrected chi connectivity index (χ3v) is 9.01. The standard InChI is InChI=1S/C22H26N2O9P2/c1-14-18(23-20(33-14)15-7-5-4-6-8-15)11-12-24(2)21(25)17-13-16(9-10-19(17)32-3)22(34(26,27)28)35(29,30)31/h4-10,13,22H,11-12H2,1-3H3,(H2,26,27,28)(H2,29,30,31). The first-order valence-electron chi connectivity index (χ1n) is 10.4. The molecule has 0 aliphatic rings. The lowest BCUT2D eigenvalue weighted by Gasteiger charge is -2.22. The van der Waals surface area contributed by atoms with Gasteiger partial charge in [0, 0.05) is 25.6 Å². The fraction of sp³-hybridized carbons (Fsp3) is 0.273. The van der Waals surface area contributed by atoms with Crippen molar-refractivity contribution in [2.45, 2.75) is 18.7 Å². The molecule has 0 atom stereocenters. The highest BCUT2D eigenvalue weighted by molar-refractivity contribution is 7.70. The lowest BCUT2D eigenvalue weighted by Crippen LogP contribution is -2.29. The summed E-state index contributed by atoms with van der Waals surface area (Å²) in [6.45, 7) is 1.99.